The van der Waals surface area contributed by atoms with E-state index in [-0.39, 0.29) is 12.0 Å². The fourth-order valence-electron chi connectivity index (χ4n) is 2.83. The summed E-state index contributed by atoms with van der Waals surface area (Å²) in [6.07, 6.45) is 2.65. The maximum absolute atomic E-state index is 11.6. The van der Waals surface area contributed by atoms with Crippen molar-refractivity contribution in [1.82, 2.24) is 5.32 Å². The topological polar surface area (TPSA) is 55.4 Å². The van der Waals surface area contributed by atoms with Crippen molar-refractivity contribution in [1.29, 1.82) is 0 Å². The van der Waals surface area contributed by atoms with Crippen LogP contribution in [0.25, 0.3) is 0 Å². The molecule has 1 aromatic carbocycles. The van der Waals surface area contributed by atoms with Crippen LogP contribution in [-0.2, 0) is 9.84 Å². The molecule has 2 atom stereocenters. The summed E-state index contributed by atoms with van der Waals surface area (Å²) in [7, 11) is -0.870. The van der Waals surface area contributed by atoms with Gasteiger partial charge in [-0.15, -0.1) is 0 Å². The number of benzene rings is 1. The van der Waals surface area contributed by atoms with Gasteiger partial charge in [-0.25, -0.2) is 8.42 Å². The van der Waals surface area contributed by atoms with E-state index in [0.717, 1.165) is 31.6 Å². The van der Waals surface area contributed by atoms with Gasteiger partial charge in [-0.2, -0.15) is 0 Å². The molecule has 21 heavy (non-hydrogen) atoms. The predicted molar refractivity (Wildman–Crippen MR) is 85.4 cm³/mol. The van der Waals surface area contributed by atoms with E-state index >= 15 is 0 Å². The average molecular weight is 311 g/mol. The Hall–Kier alpha value is -1.07. The molecule has 2 unspecified atom stereocenters. The number of rotatable bonds is 7. The zero-order valence-electron chi connectivity index (χ0n) is 12.8. The van der Waals surface area contributed by atoms with Crippen molar-refractivity contribution < 1.29 is 13.2 Å². The highest BCUT2D eigenvalue weighted by atomic mass is 32.2. The van der Waals surface area contributed by atoms with Gasteiger partial charge >= 0.3 is 0 Å². The number of hydrogen-bond donors (Lipinski definition) is 1. The van der Waals surface area contributed by atoms with Crippen LogP contribution in [-0.4, -0.2) is 33.6 Å². The highest BCUT2D eigenvalue weighted by Gasteiger charge is 2.29. The summed E-state index contributed by atoms with van der Waals surface area (Å²) in [5, 5.41) is 3.30. The van der Waals surface area contributed by atoms with Crippen LogP contribution in [0.2, 0.25) is 0 Å². The number of nitrogens with one attached hydrogen (secondary N) is 1. The first-order valence-corrected chi connectivity index (χ1v) is 9.46. The molecule has 1 aliphatic rings. The summed E-state index contributed by atoms with van der Waals surface area (Å²) in [5.74, 6) is 1.84. The first-order chi connectivity index (χ1) is 10.0. The van der Waals surface area contributed by atoms with Crippen molar-refractivity contribution in [3.63, 3.8) is 0 Å². The van der Waals surface area contributed by atoms with Crippen LogP contribution < -0.4 is 10.1 Å². The SMILES string of the molecule is CCCOc1ccc(C(CC2CCS(=O)(=O)C2)NC)cc1. The summed E-state index contributed by atoms with van der Waals surface area (Å²) < 4.78 is 28.7. The summed E-state index contributed by atoms with van der Waals surface area (Å²) in [5.41, 5.74) is 1.19. The van der Waals surface area contributed by atoms with Crippen molar-refractivity contribution in [2.24, 2.45) is 5.92 Å². The Bertz CT molecular complexity index is 539. The smallest absolute Gasteiger partial charge is 0.150 e. The first kappa shape index (κ1) is 16.3. The quantitative estimate of drug-likeness (QED) is 0.841. The molecule has 1 aromatic rings. The van der Waals surface area contributed by atoms with Gasteiger partial charge in [-0.05, 0) is 49.9 Å². The third kappa shape index (κ3) is 4.71. The van der Waals surface area contributed by atoms with Crippen LogP contribution >= 0.6 is 0 Å². The van der Waals surface area contributed by atoms with Gasteiger partial charge < -0.3 is 10.1 Å². The third-order valence-corrected chi connectivity index (χ3v) is 5.84. The molecule has 4 nitrogen and oxygen atoms in total. The van der Waals surface area contributed by atoms with Gasteiger partial charge in [-0.1, -0.05) is 19.1 Å². The summed E-state index contributed by atoms with van der Waals surface area (Å²) in [6, 6.07) is 8.30. The van der Waals surface area contributed by atoms with Crippen LogP contribution in [0.1, 0.15) is 37.8 Å². The van der Waals surface area contributed by atoms with Crippen LogP contribution in [0.5, 0.6) is 5.75 Å². The Labute approximate surface area is 127 Å². The fourth-order valence-corrected chi connectivity index (χ4v) is 4.71. The standard InChI is InChI=1S/C16H25NO3S/c1-3-9-20-15-6-4-14(5-7-15)16(17-2)11-13-8-10-21(18,19)12-13/h4-7,13,16-17H,3,8-12H2,1-2H3. The van der Waals surface area contributed by atoms with E-state index in [4.69, 9.17) is 4.74 Å². The van der Waals surface area contributed by atoms with Crippen molar-refractivity contribution in [3.05, 3.63) is 29.8 Å². The normalized spacial score (nSPS) is 22.1. The lowest BCUT2D eigenvalue weighted by atomic mass is 9.94. The molecular weight excluding hydrogens is 286 g/mol. The molecule has 5 heteroatoms. The van der Waals surface area contributed by atoms with E-state index < -0.39 is 9.84 Å². The molecule has 0 radical (unpaired) electrons. The molecule has 118 valence electrons. The van der Waals surface area contributed by atoms with Gasteiger partial charge in [0.25, 0.3) is 0 Å². The molecular formula is C16H25NO3S. The fraction of sp³-hybridized carbons (Fsp3) is 0.625. The molecule has 0 spiro atoms. The minimum atomic E-state index is -2.80. The van der Waals surface area contributed by atoms with Crippen molar-refractivity contribution in [2.45, 2.75) is 32.2 Å². The van der Waals surface area contributed by atoms with Crippen molar-refractivity contribution >= 4 is 9.84 Å². The van der Waals surface area contributed by atoms with Crippen LogP contribution in [0.4, 0.5) is 0 Å². The molecule has 1 aliphatic heterocycles. The van der Waals surface area contributed by atoms with Crippen molar-refractivity contribution in [3.8, 4) is 5.75 Å². The number of hydrogen-bond acceptors (Lipinski definition) is 4. The molecule has 0 saturated carbocycles. The zero-order chi connectivity index (χ0) is 15.3. The summed E-state index contributed by atoms with van der Waals surface area (Å²) >= 11 is 0. The third-order valence-electron chi connectivity index (χ3n) is 4.00. The van der Waals surface area contributed by atoms with Crippen LogP contribution in [0.3, 0.4) is 0 Å². The van der Waals surface area contributed by atoms with Crippen molar-refractivity contribution in [2.75, 3.05) is 25.2 Å². The van der Waals surface area contributed by atoms with E-state index in [2.05, 4.69) is 24.4 Å². The second kappa shape index (κ2) is 7.27. The molecule has 1 saturated heterocycles. The van der Waals surface area contributed by atoms with Gasteiger partial charge in [-0.3, -0.25) is 0 Å². The maximum atomic E-state index is 11.6. The molecule has 0 aliphatic carbocycles. The van der Waals surface area contributed by atoms with E-state index in [0.29, 0.717) is 11.5 Å². The van der Waals surface area contributed by atoms with Crippen LogP contribution in [0, 0.1) is 5.92 Å². The molecule has 1 N–H and O–H groups in total. The molecule has 1 heterocycles. The van der Waals surface area contributed by atoms with Gasteiger partial charge in [0.05, 0.1) is 18.1 Å². The summed E-state index contributed by atoms with van der Waals surface area (Å²) in [6.45, 7) is 2.82. The molecule has 0 aromatic heterocycles. The highest BCUT2D eigenvalue weighted by Crippen LogP contribution is 2.29. The Morgan fingerprint density at radius 1 is 1.33 bits per heavy atom. The van der Waals surface area contributed by atoms with Gasteiger partial charge in [0.1, 0.15) is 5.75 Å². The van der Waals surface area contributed by atoms with E-state index in [1.807, 2.05) is 19.2 Å². The Balaban J connectivity index is 1.97. The minimum absolute atomic E-state index is 0.198. The lowest BCUT2D eigenvalue weighted by Gasteiger charge is -2.20. The molecule has 1 fully saturated rings. The lowest BCUT2D eigenvalue weighted by Crippen LogP contribution is -2.20. The van der Waals surface area contributed by atoms with Crippen LogP contribution in [0.15, 0.2) is 24.3 Å². The van der Waals surface area contributed by atoms with E-state index in [1.165, 1.54) is 5.56 Å². The Morgan fingerprint density at radius 2 is 2.05 bits per heavy atom. The monoisotopic (exact) mass is 311 g/mol. The Kier molecular flexibility index (Phi) is 5.65. The second-order valence-electron chi connectivity index (χ2n) is 5.76. The van der Waals surface area contributed by atoms with Gasteiger partial charge in [0, 0.05) is 6.04 Å². The Morgan fingerprint density at radius 3 is 2.57 bits per heavy atom. The summed E-state index contributed by atoms with van der Waals surface area (Å²) in [4.78, 5) is 0. The zero-order valence-corrected chi connectivity index (χ0v) is 13.7. The second-order valence-corrected chi connectivity index (χ2v) is 7.99. The molecule has 0 bridgehead atoms. The lowest BCUT2D eigenvalue weighted by molar-refractivity contribution is 0.317. The number of sulfone groups is 1. The highest BCUT2D eigenvalue weighted by molar-refractivity contribution is 7.91. The molecule has 2 rings (SSSR count). The first-order valence-electron chi connectivity index (χ1n) is 7.64. The average Bonchev–Trinajstić information content (AvgIpc) is 2.82. The largest absolute Gasteiger partial charge is 0.494 e. The predicted octanol–water partition coefficient (Wildman–Crippen LogP) is 2.56. The number of ether oxygens (including phenoxy) is 1. The van der Waals surface area contributed by atoms with Gasteiger partial charge in [0.2, 0.25) is 0 Å². The van der Waals surface area contributed by atoms with E-state index in [1.54, 1.807) is 0 Å². The molecule has 0 amide bonds. The maximum Gasteiger partial charge on any atom is 0.150 e. The minimum Gasteiger partial charge on any atom is -0.494 e. The van der Waals surface area contributed by atoms with Gasteiger partial charge in [0.15, 0.2) is 9.84 Å². The van der Waals surface area contributed by atoms with E-state index in [9.17, 15) is 8.42 Å².